The quantitative estimate of drug-likeness (QED) is 0.306. The molecule has 7 nitrogen and oxygen atoms in total. The number of hydrogen-bond acceptors (Lipinski definition) is 5. The van der Waals surface area contributed by atoms with Gasteiger partial charge < -0.3 is 15.7 Å². The molecule has 0 radical (unpaired) electrons. The Morgan fingerprint density at radius 2 is 1.85 bits per heavy atom. The van der Waals surface area contributed by atoms with Crippen LogP contribution in [0.4, 0.5) is 19.0 Å². The number of aliphatic hydroxyl groups is 1. The molecule has 2 aromatic heterocycles. The fraction of sp³-hybridized carbons (Fsp3) is 0.387. The SMILES string of the molecule is CCC(=O)N1C[C@H](c2nc(-c3ccc([C@@](C)(O)c4cccc(CC(F)(F)F)c4)cc3)c3c(N)nccn23)CC[C@H]1C. The van der Waals surface area contributed by atoms with Crippen LogP contribution in [0, 0.1) is 0 Å². The third-order valence-electron chi connectivity index (χ3n) is 8.09. The molecule has 0 aliphatic carbocycles. The van der Waals surface area contributed by atoms with Crippen molar-refractivity contribution in [1.29, 1.82) is 0 Å². The molecule has 1 fully saturated rings. The van der Waals surface area contributed by atoms with Gasteiger partial charge in [0.1, 0.15) is 28.5 Å². The summed E-state index contributed by atoms with van der Waals surface area (Å²) < 4.78 is 40.8. The number of nitrogens with zero attached hydrogens (tertiary/aromatic N) is 4. The number of carbonyl (C=O) groups excluding carboxylic acids is 1. The zero-order chi connectivity index (χ0) is 29.5. The van der Waals surface area contributed by atoms with E-state index in [0.717, 1.165) is 24.2 Å². The Bertz CT molecular complexity index is 1560. The third kappa shape index (κ3) is 5.66. The highest BCUT2D eigenvalue weighted by Crippen LogP contribution is 2.37. The maximum absolute atomic E-state index is 12.9. The van der Waals surface area contributed by atoms with E-state index < -0.39 is 18.2 Å². The normalized spacial score (nSPS) is 19.3. The standard InChI is InChI=1S/C31H34F3N5O2/c1-4-25(40)39-18-22(9-8-19(39)2)29-37-26(27-28(35)36-14-15-38(27)29)21-10-12-23(13-11-21)30(3,41)24-7-5-6-20(16-24)17-31(32,33)34/h5-7,10-16,19,22,41H,4,8-9,17-18H2,1-3H3,(H2,35,36)/t19-,22-,30-/m1/s1. The Kier molecular flexibility index (Phi) is 7.54. The van der Waals surface area contributed by atoms with E-state index >= 15 is 0 Å². The molecule has 5 rings (SSSR count). The van der Waals surface area contributed by atoms with Crippen molar-refractivity contribution >= 4 is 17.2 Å². The average Bonchev–Trinajstić information content (AvgIpc) is 3.33. The number of hydrogen-bond donors (Lipinski definition) is 2. The molecule has 3 heterocycles. The van der Waals surface area contributed by atoms with E-state index in [9.17, 15) is 23.1 Å². The zero-order valence-electron chi connectivity index (χ0n) is 23.3. The average molecular weight is 566 g/mol. The molecular weight excluding hydrogens is 531 g/mol. The number of rotatable bonds is 6. The second-order valence-electron chi connectivity index (χ2n) is 11.0. The van der Waals surface area contributed by atoms with E-state index in [1.54, 1.807) is 31.3 Å². The number of likely N-dealkylation sites (tertiary alicyclic amines) is 1. The summed E-state index contributed by atoms with van der Waals surface area (Å²) in [6.07, 6.45) is 0.254. The van der Waals surface area contributed by atoms with E-state index in [4.69, 9.17) is 10.7 Å². The van der Waals surface area contributed by atoms with Crippen LogP contribution in [-0.2, 0) is 16.8 Å². The summed E-state index contributed by atoms with van der Waals surface area (Å²) in [4.78, 5) is 23.8. The molecule has 1 aliphatic heterocycles. The van der Waals surface area contributed by atoms with Crippen molar-refractivity contribution in [2.75, 3.05) is 12.3 Å². The topological polar surface area (TPSA) is 96.8 Å². The number of imidazole rings is 1. The molecule has 2 aromatic carbocycles. The molecule has 0 spiro atoms. The van der Waals surface area contributed by atoms with Gasteiger partial charge in [0.15, 0.2) is 0 Å². The van der Waals surface area contributed by atoms with Crippen molar-refractivity contribution in [2.45, 2.75) is 70.2 Å². The molecule has 41 heavy (non-hydrogen) atoms. The number of alkyl halides is 3. The monoisotopic (exact) mass is 565 g/mol. The van der Waals surface area contributed by atoms with Crippen LogP contribution in [0.15, 0.2) is 60.9 Å². The van der Waals surface area contributed by atoms with Crippen molar-refractivity contribution in [3.63, 3.8) is 0 Å². The summed E-state index contributed by atoms with van der Waals surface area (Å²) in [6, 6.07) is 13.2. The summed E-state index contributed by atoms with van der Waals surface area (Å²) in [6.45, 7) is 6.08. The van der Waals surface area contributed by atoms with Crippen LogP contribution in [0.3, 0.4) is 0 Å². The lowest BCUT2D eigenvalue weighted by Gasteiger charge is -2.37. The fourth-order valence-electron chi connectivity index (χ4n) is 5.78. The number of anilines is 1. The first-order valence-electron chi connectivity index (χ1n) is 13.8. The second-order valence-corrected chi connectivity index (χ2v) is 11.0. The van der Waals surface area contributed by atoms with Crippen LogP contribution in [0.5, 0.6) is 0 Å². The molecule has 10 heteroatoms. The number of nitrogen functional groups attached to an aromatic ring is 1. The second kappa shape index (κ2) is 10.8. The third-order valence-corrected chi connectivity index (χ3v) is 8.09. The minimum absolute atomic E-state index is 0.0220. The molecule has 1 saturated heterocycles. The van der Waals surface area contributed by atoms with Gasteiger partial charge in [-0.2, -0.15) is 13.2 Å². The predicted molar refractivity (Wildman–Crippen MR) is 151 cm³/mol. The Hall–Kier alpha value is -3.92. The summed E-state index contributed by atoms with van der Waals surface area (Å²) in [5.74, 6) is 1.27. The summed E-state index contributed by atoms with van der Waals surface area (Å²) in [5, 5.41) is 11.4. The highest BCUT2D eigenvalue weighted by atomic mass is 19.4. The molecule has 1 aliphatic rings. The lowest BCUT2D eigenvalue weighted by molar-refractivity contribution is -0.134. The summed E-state index contributed by atoms with van der Waals surface area (Å²) >= 11 is 0. The van der Waals surface area contributed by atoms with E-state index in [2.05, 4.69) is 11.9 Å². The first-order valence-corrected chi connectivity index (χ1v) is 13.8. The summed E-state index contributed by atoms with van der Waals surface area (Å²) in [5.41, 5.74) is 7.84. The number of piperidine rings is 1. The Morgan fingerprint density at radius 1 is 1.12 bits per heavy atom. The molecule has 0 saturated carbocycles. The lowest BCUT2D eigenvalue weighted by Crippen LogP contribution is -2.44. The number of benzene rings is 2. The van der Waals surface area contributed by atoms with Gasteiger partial charge in [0, 0.05) is 42.9 Å². The van der Waals surface area contributed by atoms with Gasteiger partial charge in [-0.1, -0.05) is 55.5 Å². The van der Waals surface area contributed by atoms with Crippen molar-refractivity contribution < 1.29 is 23.1 Å². The molecule has 0 unspecified atom stereocenters. The first kappa shape index (κ1) is 28.6. The van der Waals surface area contributed by atoms with Gasteiger partial charge in [0.05, 0.1) is 6.42 Å². The van der Waals surface area contributed by atoms with E-state index in [1.807, 2.05) is 34.6 Å². The van der Waals surface area contributed by atoms with E-state index in [0.29, 0.717) is 41.1 Å². The van der Waals surface area contributed by atoms with Crippen LogP contribution in [-0.4, -0.2) is 49.0 Å². The van der Waals surface area contributed by atoms with Crippen LogP contribution >= 0.6 is 0 Å². The number of carbonyl (C=O) groups is 1. The van der Waals surface area contributed by atoms with Crippen LogP contribution in [0.25, 0.3) is 16.8 Å². The van der Waals surface area contributed by atoms with Gasteiger partial charge in [0.25, 0.3) is 0 Å². The van der Waals surface area contributed by atoms with Gasteiger partial charge >= 0.3 is 6.18 Å². The van der Waals surface area contributed by atoms with Gasteiger partial charge in [0.2, 0.25) is 5.91 Å². The van der Waals surface area contributed by atoms with Crippen molar-refractivity contribution in [3.8, 4) is 11.3 Å². The summed E-state index contributed by atoms with van der Waals surface area (Å²) in [7, 11) is 0. The number of nitrogens with two attached hydrogens (primary N) is 1. The molecule has 3 N–H and O–H groups in total. The largest absolute Gasteiger partial charge is 0.393 e. The van der Waals surface area contributed by atoms with Gasteiger partial charge in [-0.05, 0) is 43.4 Å². The first-order chi connectivity index (χ1) is 19.4. The molecule has 1 amide bonds. The van der Waals surface area contributed by atoms with Crippen LogP contribution < -0.4 is 5.73 Å². The molecular formula is C31H34F3N5O2. The number of amides is 1. The highest BCUT2D eigenvalue weighted by Gasteiger charge is 2.33. The maximum atomic E-state index is 12.9. The Balaban J connectivity index is 1.49. The van der Waals surface area contributed by atoms with Gasteiger partial charge in [-0.15, -0.1) is 0 Å². The minimum Gasteiger partial charge on any atom is -0.382 e. The van der Waals surface area contributed by atoms with Crippen LogP contribution in [0.2, 0.25) is 0 Å². The van der Waals surface area contributed by atoms with E-state index in [1.165, 1.54) is 18.2 Å². The van der Waals surface area contributed by atoms with Gasteiger partial charge in [-0.25, -0.2) is 9.97 Å². The Labute approximate surface area is 236 Å². The number of halogens is 3. The lowest BCUT2D eigenvalue weighted by atomic mass is 9.86. The van der Waals surface area contributed by atoms with Crippen molar-refractivity contribution in [2.24, 2.45) is 0 Å². The van der Waals surface area contributed by atoms with Crippen LogP contribution in [0.1, 0.15) is 68.5 Å². The van der Waals surface area contributed by atoms with Crippen molar-refractivity contribution in [3.05, 3.63) is 83.4 Å². The molecule has 0 bridgehead atoms. The molecule has 3 atom stereocenters. The minimum atomic E-state index is -4.34. The maximum Gasteiger partial charge on any atom is 0.393 e. The molecule has 216 valence electrons. The smallest absolute Gasteiger partial charge is 0.382 e. The zero-order valence-corrected chi connectivity index (χ0v) is 23.3. The number of aromatic nitrogens is 3. The predicted octanol–water partition coefficient (Wildman–Crippen LogP) is 5.84. The van der Waals surface area contributed by atoms with E-state index in [-0.39, 0.29) is 23.4 Å². The highest BCUT2D eigenvalue weighted by molar-refractivity contribution is 5.85. The van der Waals surface area contributed by atoms with Crippen molar-refractivity contribution in [1.82, 2.24) is 19.3 Å². The fourth-order valence-corrected chi connectivity index (χ4v) is 5.78. The Morgan fingerprint density at radius 3 is 2.54 bits per heavy atom. The van der Waals surface area contributed by atoms with Gasteiger partial charge in [-0.3, -0.25) is 9.20 Å². The molecule has 4 aromatic rings. The number of fused-ring (bicyclic) bond motifs is 1.